The number of imidazole rings is 1. The molecule has 1 saturated heterocycles. The summed E-state index contributed by atoms with van der Waals surface area (Å²) in [5.74, 6) is 0.444. The summed E-state index contributed by atoms with van der Waals surface area (Å²) < 4.78 is 15.9. The van der Waals surface area contributed by atoms with Crippen molar-refractivity contribution < 1.29 is 4.39 Å². The number of halogens is 1. The zero-order valence-corrected chi connectivity index (χ0v) is 12.0. The molecule has 0 amide bonds. The maximum absolute atomic E-state index is 13.7. The maximum atomic E-state index is 13.7. The predicted molar refractivity (Wildman–Crippen MR) is 77.4 cm³/mol. The minimum Gasteiger partial charge on any atom is -0.330 e. The van der Waals surface area contributed by atoms with Crippen molar-refractivity contribution in [3.8, 4) is 0 Å². The van der Waals surface area contributed by atoms with Crippen LogP contribution in [0, 0.1) is 19.7 Å². The molecule has 20 heavy (non-hydrogen) atoms. The largest absolute Gasteiger partial charge is 0.330 e. The lowest BCUT2D eigenvalue weighted by atomic mass is 10.0. The number of aryl methyl sites for hydroxylation is 2. The first-order valence-electron chi connectivity index (χ1n) is 7.11. The summed E-state index contributed by atoms with van der Waals surface area (Å²) in [6, 6.07) is 3.86. The van der Waals surface area contributed by atoms with Crippen molar-refractivity contribution in [2.45, 2.75) is 32.7 Å². The second-order valence-electron chi connectivity index (χ2n) is 5.68. The van der Waals surface area contributed by atoms with Crippen LogP contribution in [0.15, 0.2) is 24.7 Å². The Morgan fingerprint density at radius 3 is 2.75 bits per heavy atom. The Morgan fingerprint density at radius 1 is 1.35 bits per heavy atom. The molecule has 1 atom stereocenters. The fourth-order valence-corrected chi connectivity index (χ4v) is 3.03. The van der Waals surface area contributed by atoms with Gasteiger partial charge in [-0.2, -0.15) is 0 Å². The van der Waals surface area contributed by atoms with Crippen LogP contribution in [-0.2, 0) is 6.54 Å². The number of nitrogens with zero attached hydrogens (tertiary/aromatic N) is 2. The monoisotopic (exact) mass is 273 g/mol. The van der Waals surface area contributed by atoms with E-state index < -0.39 is 0 Å². The average molecular weight is 273 g/mol. The van der Waals surface area contributed by atoms with Crippen molar-refractivity contribution in [3.05, 3.63) is 52.9 Å². The molecule has 1 aliphatic rings. The molecule has 3 nitrogen and oxygen atoms in total. The van der Waals surface area contributed by atoms with Crippen LogP contribution in [0.5, 0.6) is 0 Å². The van der Waals surface area contributed by atoms with Crippen molar-refractivity contribution in [1.29, 1.82) is 0 Å². The van der Waals surface area contributed by atoms with Crippen LogP contribution < -0.4 is 5.32 Å². The van der Waals surface area contributed by atoms with E-state index in [1.807, 2.05) is 38.5 Å². The Bertz CT molecular complexity index is 589. The maximum Gasteiger partial charge on any atom is 0.129 e. The van der Waals surface area contributed by atoms with Gasteiger partial charge < -0.3 is 9.88 Å². The van der Waals surface area contributed by atoms with Gasteiger partial charge in [0.25, 0.3) is 0 Å². The Balaban J connectivity index is 1.86. The molecule has 1 aromatic carbocycles. The van der Waals surface area contributed by atoms with Crippen molar-refractivity contribution in [1.82, 2.24) is 14.9 Å². The Morgan fingerprint density at radius 2 is 2.10 bits per heavy atom. The van der Waals surface area contributed by atoms with E-state index in [-0.39, 0.29) is 5.82 Å². The molecule has 0 radical (unpaired) electrons. The Kier molecular flexibility index (Phi) is 3.57. The number of hydrogen-bond acceptors (Lipinski definition) is 2. The molecule has 106 valence electrons. The summed E-state index contributed by atoms with van der Waals surface area (Å²) in [6.07, 6.45) is 5.00. The molecule has 0 spiro atoms. The molecule has 1 aliphatic heterocycles. The first-order valence-corrected chi connectivity index (χ1v) is 7.11. The first kappa shape index (κ1) is 13.3. The van der Waals surface area contributed by atoms with Crippen LogP contribution in [0.3, 0.4) is 0 Å². The predicted octanol–water partition coefficient (Wildman–Crippen LogP) is 2.76. The molecule has 3 rings (SSSR count). The first-order chi connectivity index (χ1) is 9.65. The van der Waals surface area contributed by atoms with E-state index in [0.29, 0.717) is 17.0 Å². The fourth-order valence-electron chi connectivity index (χ4n) is 3.03. The second kappa shape index (κ2) is 5.37. The van der Waals surface area contributed by atoms with Gasteiger partial charge in [0.2, 0.25) is 0 Å². The number of rotatable bonds is 3. The van der Waals surface area contributed by atoms with Gasteiger partial charge in [-0.25, -0.2) is 9.37 Å². The number of benzene rings is 1. The molecule has 1 unspecified atom stereocenters. The molecule has 1 fully saturated rings. The smallest absolute Gasteiger partial charge is 0.129 e. The second-order valence-corrected chi connectivity index (χ2v) is 5.68. The summed E-state index contributed by atoms with van der Waals surface area (Å²) in [7, 11) is 0. The normalized spacial score (nSPS) is 18.6. The highest BCUT2D eigenvalue weighted by molar-refractivity contribution is 5.31. The highest BCUT2D eigenvalue weighted by Crippen LogP contribution is 2.23. The van der Waals surface area contributed by atoms with Crippen molar-refractivity contribution in [2.75, 3.05) is 13.1 Å². The van der Waals surface area contributed by atoms with E-state index in [1.165, 1.54) is 5.69 Å². The van der Waals surface area contributed by atoms with Crippen LogP contribution in [0.25, 0.3) is 0 Å². The van der Waals surface area contributed by atoms with Gasteiger partial charge in [-0.15, -0.1) is 0 Å². The van der Waals surface area contributed by atoms with Gasteiger partial charge >= 0.3 is 0 Å². The molecule has 2 heterocycles. The summed E-state index contributed by atoms with van der Waals surface area (Å²) in [5, 5.41) is 3.39. The van der Waals surface area contributed by atoms with Gasteiger partial charge in [0.05, 0.1) is 6.33 Å². The minimum atomic E-state index is -0.0976. The molecule has 0 bridgehead atoms. The Hall–Kier alpha value is -1.68. The van der Waals surface area contributed by atoms with E-state index >= 15 is 0 Å². The molecular formula is C16H20FN3. The third kappa shape index (κ3) is 2.48. The quantitative estimate of drug-likeness (QED) is 0.932. The third-order valence-corrected chi connectivity index (χ3v) is 4.07. The van der Waals surface area contributed by atoms with E-state index in [1.54, 1.807) is 0 Å². The molecular weight excluding hydrogens is 253 g/mol. The van der Waals surface area contributed by atoms with Crippen molar-refractivity contribution in [2.24, 2.45) is 0 Å². The van der Waals surface area contributed by atoms with Gasteiger partial charge in [-0.3, -0.25) is 0 Å². The lowest BCUT2D eigenvalue weighted by molar-refractivity contribution is 0.605. The standard InChI is InChI=1S/C16H20FN3/c1-11-5-13(6-12(2)16(11)17)9-20-10-19-8-15(20)14-3-4-18-7-14/h5-6,8,10,14,18H,3-4,7,9H2,1-2H3. The van der Waals surface area contributed by atoms with Gasteiger partial charge in [-0.05, 0) is 43.5 Å². The SMILES string of the molecule is Cc1cc(Cn2cncc2C2CCNC2)cc(C)c1F. The number of nitrogens with one attached hydrogen (secondary N) is 1. The third-order valence-electron chi connectivity index (χ3n) is 4.07. The van der Waals surface area contributed by atoms with Crippen molar-refractivity contribution >= 4 is 0 Å². The molecule has 1 N–H and O–H groups in total. The van der Waals surface area contributed by atoms with Crippen LogP contribution in [0.4, 0.5) is 4.39 Å². The average Bonchev–Trinajstić information content (AvgIpc) is 3.05. The van der Waals surface area contributed by atoms with Gasteiger partial charge in [0, 0.05) is 30.9 Å². The lowest BCUT2D eigenvalue weighted by Crippen LogP contribution is -2.12. The number of aromatic nitrogens is 2. The summed E-state index contributed by atoms with van der Waals surface area (Å²) in [4.78, 5) is 4.29. The highest BCUT2D eigenvalue weighted by atomic mass is 19.1. The fraction of sp³-hybridized carbons (Fsp3) is 0.438. The summed E-state index contributed by atoms with van der Waals surface area (Å²) >= 11 is 0. The van der Waals surface area contributed by atoms with Gasteiger partial charge in [0.1, 0.15) is 5.82 Å². The van der Waals surface area contributed by atoms with Gasteiger partial charge in [0.15, 0.2) is 0 Å². The van der Waals surface area contributed by atoms with Crippen LogP contribution >= 0.6 is 0 Å². The molecule has 4 heteroatoms. The van der Waals surface area contributed by atoms with Crippen molar-refractivity contribution in [3.63, 3.8) is 0 Å². The van der Waals surface area contributed by atoms with Gasteiger partial charge in [-0.1, -0.05) is 12.1 Å². The minimum absolute atomic E-state index is 0.0976. The molecule has 0 aliphatic carbocycles. The highest BCUT2D eigenvalue weighted by Gasteiger charge is 2.20. The summed E-state index contributed by atoms with van der Waals surface area (Å²) in [6.45, 7) is 6.49. The topological polar surface area (TPSA) is 29.9 Å². The van der Waals surface area contributed by atoms with E-state index in [0.717, 1.165) is 31.6 Å². The zero-order valence-electron chi connectivity index (χ0n) is 12.0. The van der Waals surface area contributed by atoms with E-state index in [2.05, 4.69) is 14.9 Å². The van der Waals surface area contributed by atoms with E-state index in [9.17, 15) is 4.39 Å². The lowest BCUT2D eigenvalue weighted by Gasteiger charge is -2.14. The number of hydrogen-bond donors (Lipinski definition) is 1. The molecule has 1 aromatic heterocycles. The van der Waals surface area contributed by atoms with Crippen LogP contribution in [0.1, 0.15) is 34.7 Å². The zero-order chi connectivity index (χ0) is 14.1. The summed E-state index contributed by atoms with van der Waals surface area (Å²) in [5.41, 5.74) is 3.83. The van der Waals surface area contributed by atoms with Crippen LogP contribution in [0.2, 0.25) is 0 Å². The molecule has 0 saturated carbocycles. The Labute approximate surface area is 118 Å². The molecule has 2 aromatic rings. The van der Waals surface area contributed by atoms with Crippen LogP contribution in [-0.4, -0.2) is 22.6 Å². The van der Waals surface area contributed by atoms with E-state index in [4.69, 9.17) is 0 Å².